The summed E-state index contributed by atoms with van der Waals surface area (Å²) < 4.78 is 0. The zero-order valence-electron chi connectivity index (χ0n) is 10.6. The van der Waals surface area contributed by atoms with E-state index in [4.69, 9.17) is 0 Å². The fraction of sp³-hybridized carbons (Fsp3) is 1.00. The predicted molar refractivity (Wildman–Crippen MR) is 67.5 cm³/mol. The lowest BCUT2D eigenvalue weighted by atomic mass is 9.88. The fourth-order valence-electron chi connectivity index (χ4n) is 4.23. The highest BCUT2D eigenvalue weighted by atomic mass is 15.2. The van der Waals surface area contributed by atoms with E-state index in [1.54, 1.807) is 12.8 Å². The van der Waals surface area contributed by atoms with Crippen molar-refractivity contribution in [1.29, 1.82) is 0 Å². The molecule has 2 heteroatoms. The van der Waals surface area contributed by atoms with E-state index in [1.165, 1.54) is 45.4 Å². The minimum absolute atomic E-state index is 0.800. The summed E-state index contributed by atoms with van der Waals surface area (Å²) >= 11 is 0. The summed E-state index contributed by atoms with van der Waals surface area (Å²) in [6.07, 6.45) is 7.52. The Morgan fingerprint density at radius 2 is 2.06 bits per heavy atom. The third-order valence-corrected chi connectivity index (χ3v) is 5.29. The van der Waals surface area contributed by atoms with Gasteiger partial charge in [-0.2, -0.15) is 0 Å². The monoisotopic (exact) mass is 222 g/mol. The highest BCUT2D eigenvalue weighted by Gasteiger charge is 2.40. The lowest BCUT2D eigenvalue weighted by Crippen LogP contribution is -2.39. The van der Waals surface area contributed by atoms with E-state index in [2.05, 4.69) is 17.1 Å². The quantitative estimate of drug-likeness (QED) is 0.770. The molecular weight excluding hydrogens is 196 g/mol. The molecule has 0 aromatic rings. The van der Waals surface area contributed by atoms with Gasteiger partial charge in [0.15, 0.2) is 0 Å². The minimum atomic E-state index is 0.800. The van der Waals surface area contributed by atoms with Gasteiger partial charge < -0.3 is 5.32 Å². The summed E-state index contributed by atoms with van der Waals surface area (Å²) in [5, 5.41) is 3.52. The van der Waals surface area contributed by atoms with Gasteiger partial charge in [-0.25, -0.2) is 0 Å². The molecule has 0 amide bonds. The molecule has 2 saturated carbocycles. The van der Waals surface area contributed by atoms with Crippen LogP contribution in [0.15, 0.2) is 0 Å². The van der Waals surface area contributed by atoms with Crippen LogP contribution in [-0.4, -0.2) is 37.1 Å². The summed E-state index contributed by atoms with van der Waals surface area (Å²) in [7, 11) is 0. The van der Waals surface area contributed by atoms with Crippen LogP contribution in [-0.2, 0) is 0 Å². The topological polar surface area (TPSA) is 15.3 Å². The molecule has 2 bridgehead atoms. The van der Waals surface area contributed by atoms with Crippen molar-refractivity contribution in [2.45, 2.75) is 45.1 Å². The molecule has 0 radical (unpaired) electrons. The molecule has 1 N–H and O–H groups in total. The van der Waals surface area contributed by atoms with E-state index in [0.717, 1.165) is 23.8 Å². The van der Waals surface area contributed by atoms with Gasteiger partial charge >= 0.3 is 0 Å². The van der Waals surface area contributed by atoms with Crippen LogP contribution in [0.5, 0.6) is 0 Å². The largest absolute Gasteiger partial charge is 0.315 e. The lowest BCUT2D eigenvalue weighted by Gasteiger charge is -2.32. The molecule has 3 aliphatic rings. The van der Waals surface area contributed by atoms with Crippen LogP contribution in [0, 0.1) is 17.8 Å². The molecule has 0 spiro atoms. The maximum absolute atomic E-state index is 3.52. The molecule has 0 aromatic heterocycles. The van der Waals surface area contributed by atoms with E-state index in [-0.39, 0.29) is 0 Å². The fourth-order valence-corrected chi connectivity index (χ4v) is 4.23. The SMILES string of the molecule is CC1CCNCCN1CC1CC2CCC1C2. The molecule has 1 heterocycles. The first-order chi connectivity index (χ1) is 7.83. The van der Waals surface area contributed by atoms with Crippen molar-refractivity contribution in [3.8, 4) is 0 Å². The van der Waals surface area contributed by atoms with Crippen LogP contribution in [0.1, 0.15) is 39.0 Å². The van der Waals surface area contributed by atoms with Crippen molar-refractivity contribution in [3.05, 3.63) is 0 Å². The molecule has 3 fully saturated rings. The molecule has 16 heavy (non-hydrogen) atoms. The highest BCUT2D eigenvalue weighted by molar-refractivity contribution is 4.92. The molecule has 2 aliphatic carbocycles. The van der Waals surface area contributed by atoms with E-state index in [1.807, 2.05) is 0 Å². The van der Waals surface area contributed by atoms with Gasteiger partial charge in [0.25, 0.3) is 0 Å². The second kappa shape index (κ2) is 4.66. The molecule has 0 aromatic carbocycles. The Morgan fingerprint density at radius 3 is 2.81 bits per heavy atom. The Labute approximate surface area is 99.8 Å². The Balaban J connectivity index is 1.56. The summed E-state index contributed by atoms with van der Waals surface area (Å²) in [6, 6.07) is 0.800. The molecule has 1 saturated heterocycles. The van der Waals surface area contributed by atoms with Gasteiger partial charge in [-0.15, -0.1) is 0 Å². The third kappa shape index (κ3) is 2.14. The number of nitrogens with zero attached hydrogens (tertiary/aromatic N) is 1. The number of fused-ring (bicyclic) bond motifs is 2. The molecular formula is C14H26N2. The second-order valence-corrected chi connectivity index (χ2v) is 6.32. The van der Waals surface area contributed by atoms with E-state index >= 15 is 0 Å². The summed E-state index contributed by atoms with van der Waals surface area (Å²) in [6.45, 7) is 7.50. The zero-order chi connectivity index (χ0) is 11.0. The lowest BCUT2D eigenvalue weighted by molar-refractivity contribution is 0.156. The minimum Gasteiger partial charge on any atom is -0.315 e. The van der Waals surface area contributed by atoms with Gasteiger partial charge in [0.05, 0.1) is 0 Å². The van der Waals surface area contributed by atoms with Crippen LogP contribution < -0.4 is 5.32 Å². The Bertz CT molecular complexity index is 241. The molecule has 92 valence electrons. The first kappa shape index (κ1) is 11.0. The molecule has 2 nitrogen and oxygen atoms in total. The summed E-state index contributed by atoms with van der Waals surface area (Å²) in [4.78, 5) is 2.76. The summed E-state index contributed by atoms with van der Waals surface area (Å²) in [5.41, 5.74) is 0. The van der Waals surface area contributed by atoms with Crippen LogP contribution >= 0.6 is 0 Å². The first-order valence-corrected chi connectivity index (χ1v) is 7.27. The van der Waals surface area contributed by atoms with Gasteiger partial charge in [-0.3, -0.25) is 4.90 Å². The molecule has 4 unspecified atom stereocenters. The van der Waals surface area contributed by atoms with Crippen molar-refractivity contribution in [2.24, 2.45) is 17.8 Å². The van der Waals surface area contributed by atoms with Crippen molar-refractivity contribution in [1.82, 2.24) is 10.2 Å². The zero-order valence-corrected chi connectivity index (χ0v) is 10.6. The maximum Gasteiger partial charge on any atom is 0.0110 e. The Kier molecular flexibility index (Phi) is 3.21. The highest BCUT2D eigenvalue weighted by Crippen LogP contribution is 2.48. The van der Waals surface area contributed by atoms with Crippen LogP contribution in [0.3, 0.4) is 0 Å². The van der Waals surface area contributed by atoms with Gasteiger partial charge in [0.1, 0.15) is 0 Å². The van der Waals surface area contributed by atoms with E-state index in [0.29, 0.717) is 0 Å². The standard InChI is InChI=1S/C14H26N2/c1-11-4-5-15-6-7-16(11)10-14-9-12-2-3-13(14)8-12/h11-15H,2-10H2,1H3. The van der Waals surface area contributed by atoms with E-state index < -0.39 is 0 Å². The van der Waals surface area contributed by atoms with E-state index in [9.17, 15) is 0 Å². The average Bonchev–Trinajstić information content (AvgIpc) is 2.83. The van der Waals surface area contributed by atoms with Crippen LogP contribution in [0.4, 0.5) is 0 Å². The summed E-state index contributed by atoms with van der Waals surface area (Å²) in [5.74, 6) is 3.24. The van der Waals surface area contributed by atoms with Crippen LogP contribution in [0.2, 0.25) is 0 Å². The normalized spacial score (nSPS) is 44.8. The molecule has 3 rings (SSSR count). The van der Waals surface area contributed by atoms with Gasteiger partial charge in [-0.05, 0) is 56.9 Å². The van der Waals surface area contributed by atoms with Crippen LogP contribution in [0.25, 0.3) is 0 Å². The smallest absolute Gasteiger partial charge is 0.0110 e. The van der Waals surface area contributed by atoms with Gasteiger partial charge in [0.2, 0.25) is 0 Å². The first-order valence-electron chi connectivity index (χ1n) is 7.27. The Morgan fingerprint density at radius 1 is 1.12 bits per heavy atom. The average molecular weight is 222 g/mol. The van der Waals surface area contributed by atoms with Crippen molar-refractivity contribution >= 4 is 0 Å². The van der Waals surface area contributed by atoms with Gasteiger partial charge in [-0.1, -0.05) is 6.42 Å². The number of nitrogens with one attached hydrogen (secondary N) is 1. The molecule has 1 aliphatic heterocycles. The number of hydrogen-bond donors (Lipinski definition) is 1. The Hall–Kier alpha value is -0.0800. The van der Waals surface area contributed by atoms with Crippen molar-refractivity contribution in [3.63, 3.8) is 0 Å². The predicted octanol–water partition coefficient (Wildman–Crippen LogP) is 2.11. The maximum atomic E-state index is 3.52. The van der Waals surface area contributed by atoms with Crippen molar-refractivity contribution < 1.29 is 0 Å². The van der Waals surface area contributed by atoms with Gasteiger partial charge in [0, 0.05) is 25.7 Å². The molecule has 4 atom stereocenters. The second-order valence-electron chi connectivity index (χ2n) is 6.32. The number of hydrogen-bond acceptors (Lipinski definition) is 2. The van der Waals surface area contributed by atoms with Crippen molar-refractivity contribution in [2.75, 3.05) is 26.2 Å². The third-order valence-electron chi connectivity index (χ3n) is 5.29. The number of rotatable bonds is 2.